The number of thioether (sulfide) groups is 1. The van der Waals surface area contributed by atoms with Gasteiger partial charge in [-0.2, -0.15) is 0 Å². The molecule has 1 atom stereocenters. The normalized spacial score (nSPS) is 19.6. The molecule has 0 aromatic heterocycles. The van der Waals surface area contributed by atoms with E-state index in [1.165, 1.54) is 11.8 Å². The summed E-state index contributed by atoms with van der Waals surface area (Å²) in [7, 11) is 0.908. The molecule has 1 unspecified atom stereocenters. The summed E-state index contributed by atoms with van der Waals surface area (Å²) in [6.07, 6.45) is 0.552. The first-order chi connectivity index (χ1) is 11.3. The standard InChI is InChI=1S/C17H26N2O3S2/c1-14-6-4-5-7-16(14)23-12-17(20)19(10-9-18(2)3)15-8-11-24(21,22)13-15/h4-7,15H,8-13H2,1-3H3. The zero-order valence-corrected chi connectivity index (χ0v) is 16.2. The van der Waals surface area contributed by atoms with Gasteiger partial charge in [0.1, 0.15) is 0 Å². The summed E-state index contributed by atoms with van der Waals surface area (Å²) >= 11 is 1.52. The Hall–Kier alpha value is -1.05. The summed E-state index contributed by atoms with van der Waals surface area (Å²) < 4.78 is 23.6. The number of carbonyl (C=O) groups is 1. The molecule has 0 saturated carbocycles. The minimum atomic E-state index is -3.00. The van der Waals surface area contributed by atoms with E-state index in [1.54, 1.807) is 4.90 Å². The van der Waals surface area contributed by atoms with Crippen LogP contribution in [-0.4, -0.2) is 74.6 Å². The fourth-order valence-corrected chi connectivity index (χ4v) is 5.43. The van der Waals surface area contributed by atoms with E-state index in [-0.39, 0.29) is 23.5 Å². The zero-order chi connectivity index (χ0) is 17.7. The van der Waals surface area contributed by atoms with Crippen molar-refractivity contribution in [3.05, 3.63) is 29.8 Å². The SMILES string of the molecule is Cc1ccccc1SCC(=O)N(CCN(C)C)C1CCS(=O)(=O)C1. The summed E-state index contributed by atoms with van der Waals surface area (Å²) in [6.45, 7) is 3.33. The first-order valence-electron chi connectivity index (χ1n) is 8.11. The van der Waals surface area contributed by atoms with Gasteiger partial charge in [-0.25, -0.2) is 8.42 Å². The third-order valence-electron chi connectivity index (χ3n) is 4.20. The average Bonchev–Trinajstić information content (AvgIpc) is 2.86. The van der Waals surface area contributed by atoms with Crippen molar-refractivity contribution in [2.24, 2.45) is 0 Å². The Balaban J connectivity index is 2.02. The molecule has 134 valence electrons. The van der Waals surface area contributed by atoms with Gasteiger partial charge in [0.2, 0.25) is 5.91 Å². The maximum Gasteiger partial charge on any atom is 0.233 e. The monoisotopic (exact) mass is 370 g/mol. The van der Waals surface area contributed by atoms with Crippen LogP contribution >= 0.6 is 11.8 Å². The second-order valence-electron chi connectivity index (χ2n) is 6.50. The lowest BCUT2D eigenvalue weighted by molar-refractivity contribution is -0.130. The van der Waals surface area contributed by atoms with E-state index in [9.17, 15) is 13.2 Å². The van der Waals surface area contributed by atoms with Crippen molar-refractivity contribution in [1.82, 2.24) is 9.80 Å². The molecule has 24 heavy (non-hydrogen) atoms. The van der Waals surface area contributed by atoms with E-state index < -0.39 is 9.84 Å². The predicted molar refractivity (Wildman–Crippen MR) is 99.2 cm³/mol. The largest absolute Gasteiger partial charge is 0.337 e. The van der Waals surface area contributed by atoms with Crippen LogP contribution in [0.25, 0.3) is 0 Å². The van der Waals surface area contributed by atoms with E-state index >= 15 is 0 Å². The van der Waals surface area contributed by atoms with Crippen LogP contribution in [0.1, 0.15) is 12.0 Å². The van der Waals surface area contributed by atoms with E-state index in [2.05, 4.69) is 0 Å². The van der Waals surface area contributed by atoms with Gasteiger partial charge in [0.15, 0.2) is 9.84 Å². The third-order valence-corrected chi connectivity index (χ3v) is 7.11. The van der Waals surface area contributed by atoms with Crippen molar-refractivity contribution in [2.75, 3.05) is 44.4 Å². The van der Waals surface area contributed by atoms with Crippen LogP contribution in [0, 0.1) is 6.92 Å². The predicted octanol–water partition coefficient (Wildman–Crippen LogP) is 1.66. The van der Waals surface area contributed by atoms with Crippen molar-refractivity contribution in [3.8, 4) is 0 Å². The topological polar surface area (TPSA) is 57.7 Å². The number of carbonyl (C=O) groups excluding carboxylic acids is 1. The molecule has 5 nitrogen and oxygen atoms in total. The summed E-state index contributed by atoms with van der Waals surface area (Å²) in [5.74, 6) is 0.650. The first kappa shape index (κ1) is 19.3. The second kappa shape index (κ2) is 8.36. The maximum atomic E-state index is 12.7. The highest BCUT2D eigenvalue weighted by Gasteiger charge is 2.34. The van der Waals surface area contributed by atoms with Gasteiger partial charge in [-0.1, -0.05) is 18.2 Å². The molecule has 0 spiro atoms. The summed E-state index contributed by atoms with van der Waals surface area (Å²) in [5, 5.41) is 0. The molecular formula is C17H26N2O3S2. The summed E-state index contributed by atoms with van der Waals surface area (Å²) in [4.78, 5) is 17.6. The van der Waals surface area contributed by atoms with Gasteiger partial charge in [0, 0.05) is 24.0 Å². The maximum absolute atomic E-state index is 12.7. The van der Waals surface area contributed by atoms with Crippen molar-refractivity contribution in [1.29, 1.82) is 0 Å². The molecule has 1 aromatic carbocycles. The quantitative estimate of drug-likeness (QED) is 0.683. The first-order valence-corrected chi connectivity index (χ1v) is 10.9. The van der Waals surface area contributed by atoms with Crippen molar-refractivity contribution < 1.29 is 13.2 Å². The van der Waals surface area contributed by atoms with Crippen LogP contribution in [0.15, 0.2) is 29.2 Å². The molecule has 7 heteroatoms. The van der Waals surface area contributed by atoms with Gasteiger partial charge in [-0.3, -0.25) is 4.79 Å². The zero-order valence-electron chi connectivity index (χ0n) is 14.6. The Morgan fingerprint density at radius 1 is 1.25 bits per heavy atom. The van der Waals surface area contributed by atoms with Crippen LogP contribution in [0.5, 0.6) is 0 Å². The van der Waals surface area contributed by atoms with Crippen LogP contribution in [0.2, 0.25) is 0 Å². The van der Waals surface area contributed by atoms with E-state index in [4.69, 9.17) is 0 Å². The highest BCUT2D eigenvalue weighted by atomic mass is 32.2. The van der Waals surface area contributed by atoms with Gasteiger partial charge in [-0.15, -0.1) is 11.8 Å². The number of sulfone groups is 1. The van der Waals surface area contributed by atoms with Gasteiger partial charge in [0.05, 0.1) is 17.3 Å². The van der Waals surface area contributed by atoms with E-state index in [0.717, 1.165) is 17.0 Å². The highest BCUT2D eigenvalue weighted by molar-refractivity contribution is 8.00. The van der Waals surface area contributed by atoms with E-state index in [0.29, 0.717) is 18.7 Å². The van der Waals surface area contributed by atoms with Gasteiger partial charge in [-0.05, 0) is 39.1 Å². The van der Waals surface area contributed by atoms with Crippen molar-refractivity contribution >= 4 is 27.5 Å². The van der Waals surface area contributed by atoms with E-state index in [1.807, 2.05) is 50.2 Å². The molecule has 1 aliphatic heterocycles. The highest BCUT2D eigenvalue weighted by Crippen LogP contribution is 2.24. The Labute approximate surface area is 149 Å². The molecule has 0 bridgehead atoms. The molecule has 1 saturated heterocycles. The van der Waals surface area contributed by atoms with Crippen LogP contribution in [-0.2, 0) is 14.6 Å². The Bertz CT molecular complexity index is 674. The number of rotatable bonds is 7. The molecule has 0 radical (unpaired) electrons. The number of amides is 1. The summed E-state index contributed by atoms with van der Waals surface area (Å²) in [6, 6.07) is 7.80. The minimum absolute atomic E-state index is 0.0206. The Kier molecular flexibility index (Phi) is 6.71. The summed E-state index contributed by atoms with van der Waals surface area (Å²) in [5.41, 5.74) is 1.15. The number of hydrogen-bond acceptors (Lipinski definition) is 5. The fraction of sp³-hybridized carbons (Fsp3) is 0.588. The van der Waals surface area contributed by atoms with Gasteiger partial charge in [0.25, 0.3) is 0 Å². The second-order valence-corrected chi connectivity index (χ2v) is 9.75. The molecule has 1 aliphatic rings. The number of benzene rings is 1. The molecule has 2 rings (SSSR count). The molecule has 1 aromatic rings. The fourth-order valence-electron chi connectivity index (χ4n) is 2.78. The number of nitrogens with zero attached hydrogens (tertiary/aromatic N) is 2. The number of likely N-dealkylation sites (N-methyl/N-ethyl adjacent to an activating group) is 1. The van der Waals surface area contributed by atoms with Crippen LogP contribution in [0.3, 0.4) is 0 Å². The van der Waals surface area contributed by atoms with Crippen molar-refractivity contribution in [2.45, 2.75) is 24.3 Å². The molecule has 1 heterocycles. The van der Waals surface area contributed by atoms with Crippen LogP contribution < -0.4 is 0 Å². The Morgan fingerprint density at radius 3 is 2.54 bits per heavy atom. The lowest BCUT2D eigenvalue weighted by Gasteiger charge is -2.29. The smallest absolute Gasteiger partial charge is 0.233 e. The Morgan fingerprint density at radius 2 is 1.96 bits per heavy atom. The average molecular weight is 371 g/mol. The van der Waals surface area contributed by atoms with Crippen LogP contribution in [0.4, 0.5) is 0 Å². The molecule has 1 amide bonds. The number of hydrogen-bond donors (Lipinski definition) is 0. The van der Waals surface area contributed by atoms with Crippen molar-refractivity contribution in [3.63, 3.8) is 0 Å². The molecule has 1 fully saturated rings. The molecule has 0 aliphatic carbocycles. The lowest BCUT2D eigenvalue weighted by Crippen LogP contribution is -2.45. The molecule has 0 N–H and O–H groups in total. The lowest BCUT2D eigenvalue weighted by atomic mass is 10.2. The van der Waals surface area contributed by atoms with Gasteiger partial charge < -0.3 is 9.80 Å². The minimum Gasteiger partial charge on any atom is -0.337 e. The number of aryl methyl sites for hydroxylation is 1. The third kappa shape index (κ3) is 5.50. The molecular weight excluding hydrogens is 344 g/mol. The van der Waals surface area contributed by atoms with Gasteiger partial charge >= 0.3 is 0 Å².